The Balaban J connectivity index is 1.85. The number of anilines is 2. The van der Waals surface area contributed by atoms with Crippen molar-refractivity contribution in [2.24, 2.45) is 5.41 Å². The molecule has 1 saturated heterocycles. The van der Waals surface area contributed by atoms with Gasteiger partial charge in [0.25, 0.3) is 0 Å². The molecule has 0 bridgehead atoms. The van der Waals surface area contributed by atoms with E-state index in [2.05, 4.69) is 48.4 Å². The van der Waals surface area contributed by atoms with Gasteiger partial charge < -0.3 is 15.5 Å². The highest BCUT2D eigenvalue weighted by Gasteiger charge is 2.13. The van der Waals surface area contributed by atoms with Gasteiger partial charge in [-0.2, -0.15) is 0 Å². The van der Waals surface area contributed by atoms with Crippen LogP contribution in [0, 0.1) is 5.41 Å². The third-order valence-corrected chi connectivity index (χ3v) is 3.38. The number of nitrogens with one attached hydrogen (secondary N) is 2. The zero-order chi connectivity index (χ0) is 14.6. The molecule has 2 N–H and O–H groups in total. The molecule has 4 nitrogen and oxygen atoms in total. The molecule has 2 amide bonds. The monoisotopic (exact) mass is 275 g/mol. The van der Waals surface area contributed by atoms with E-state index in [1.54, 1.807) is 0 Å². The topological polar surface area (TPSA) is 44.4 Å². The molecule has 1 aromatic rings. The number of amides is 2. The van der Waals surface area contributed by atoms with Crippen LogP contribution in [-0.4, -0.2) is 25.7 Å². The normalized spacial score (nSPS) is 15.2. The number of hydrogen-bond acceptors (Lipinski definition) is 2. The van der Waals surface area contributed by atoms with E-state index in [0.717, 1.165) is 18.8 Å². The van der Waals surface area contributed by atoms with Gasteiger partial charge in [0.15, 0.2) is 0 Å². The first-order valence-electron chi connectivity index (χ1n) is 7.34. The van der Waals surface area contributed by atoms with Crippen LogP contribution in [0.5, 0.6) is 0 Å². The Kier molecular flexibility index (Phi) is 4.53. The second-order valence-electron chi connectivity index (χ2n) is 6.61. The zero-order valence-corrected chi connectivity index (χ0v) is 12.7. The third kappa shape index (κ3) is 4.44. The minimum atomic E-state index is -0.145. The summed E-state index contributed by atoms with van der Waals surface area (Å²) in [5.74, 6) is 0. The van der Waals surface area contributed by atoms with E-state index in [9.17, 15) is 4.79 Å². The van der Waals surface area contributed by atoms with Crippen LogP contribution >= 0.6 is 0 Å². The van der Waals surface area contributed by atoms with Crippen molar-refractivity contribution in [2.45, 2.75) is 33.6 Å². The van der Waals surface area contributed by atoms with Gasteiger partial charge in [-0.25, -0.2) is 4.79 Å². The van der Waals surface area contributed by atoms with Crippen molar-refractivity contribution in [1.29, 1.82) is 0 Å². The van der Waals surface area contributed by atoms with Crippen LogP contribution in [-0.2, 0) is 0 Å². The molecule has 1 aromatic carbocycles. The molecule has 4 heteroatoms. The second-order valence-corrected chi connectivity index (χ2v) is 6.61. The molecular formula is C16H25N3O. The van der Waals surface area contributed by atoms with Crippen molar-refractivity contribution in [3.8, 4) is 0 Å². The van der Waals surface area contributed by atoms with Crippen LogP contribution in [0.2, 0.25) is 0 Å². The lowest BCUT2D eigenvalue weighted by molar-refractivity contribution is 0.247. The van der Waals surface area contributed by atoms with Gasteiger partial charge in [0.1, 0.15) is 0 Å². The Bertz CT molecular complexity index is 442. The number of nitrogens with zero attached hydrogens (tertiary/aromatic N) is 1. The largest absolute Gasteiger partial charge is 0.372 e. The first-order valence-corrected chi connectivity index (χ1v) is 7.34. The number of rotatable bonds is 3. The smallest absolute Gasteiger partial charge is 0.319 e. The summed E-state index contributed by atoms with van der Waals surface area (Å²) in [6.45, 7) is 9.22. The highest BCUT2D eigenvalue weighted by Crippen LogP contribution is 2.22. The predicted octanol–water partition coefficient (Wildman–Crippen LogP) is 3.45. The maximum Gasteiger partial charge on any atom is 0.319 e. The molecule has 0 spiro atoms. The van der Waals surface area contributed by atoms with Gasteiger partial charge in [-0.1, -0.05) is 20.8 Å². The van der Waals surface area contributed by atoms with Crippen molar-refractivity contribution in [3.05, 3.63) is 24.3 Å². The summed E-state index contributed by atoms with van der Waals surface area (Å²) in [4.78, 5) is 14.1. The molecule has 0 atom stereocenters. The van der Waals surface area contributed by atoms with Crippen molar-refractivity contribution in [3.63, 3.8) is 0 Å². The molecule has 0 aliphatic carbocycles. The highest BCUT2D eigenvalue weighted by atomic mass is 16.2. The molecule has 2 rings (SSSR count). The van der Waals surface area contributed by atoms with Crippen LogP contribution in [0.25, 0.3) is 0 Å². The average Bonchev–Trinajstić information content (AvgIpc) is 2.90. The van der Waals surface area contributed by atoms with E-state index in [0.29, 0.717) is 6.54 Å². The molecule has 0 unspecified atom stereocenters. The first kappa shape index (κ1) is 14.7. The van der Waals surface area contributed by atoms with Crippen LogP contribution in [0.15, 0.2) is 24.3 Å². The summed E-state index contributed by atoms with van der Waals surface area (Å²) in [5, 5.41) is 5.74. The second kappa shape index (κ2) is 6.16. The summed E-state index contributed by atoms with van der Waals surface area (Å²) in [6, 6.07) is 7.93. The van der Waals surface area contributed by atoms with Gasteiger partial charge in [-0.05, 0) is 42.5 Å². The van der Waals surface area contributed by atoms with Gasteiger partial charge in [0.2, 0.25) is 0 Å². The molecule has 1 aliphatic rings. The lowest BCUT2D eigenvalue weighted by atomic mass is 9.97. The average molecular weight is 275 g/mol. The Morgan fingerprint density at radius 1 is 1.15 bits per heavy atom. The molecule has 1 aliphatic heterocycles. The Hall–Kier alpha value is -1.71. The number of carbonyl (C=O) groups excluding carboxylic acids is 1. The van der Waals surface area contributed by atoms with Gasteiger partial charge in [0, 0.05) is 31.0 Å². The van der Waals surface area contributed by atoms with Crippen LogP contribution < -0.4 is 15.5 Å². The maximum absolute atomic E-state index is 11.8. The van der Waals surface area contributed by atoms with E-state index >= 15 is 0 Å². The van der Waals surface area contributed by atoms with Crippen LogP contribution in [0.4, 0.5) is 16.2 Å². The molecule has 0 saturated carbocycles. The Morgan fingerprint density at radius 3 is 2.30 bits per heavy atom. The highest BCUT2D eigenvalue weighted by molar-refractivity contribution is 5.89. The van der Waals surface area contributed by atoms with Crippen molar-refractivity contribution in [1.82, 2.24) is 5.32 Å². The fraction of sp³-hybridized carbons (Fsp3) is 0.562. The predicted molar refractivity (Wildman–Crippen MR) is 84.4 cm³/mol. The van der Waals surface area contributed by atoms with Gasteiger partial charge in [0.05, 0.1) is 0 Å². The first-order chi connectivity index (χ1) is 9.44. The number of benzene rings is 1. The third-order valence-electron chi connectivity index (χ3n) is 3.38. The quantitative estimate of drug-likeness (QED) is 0.887. The number of carbonyl (C=O) groups is 1. The summed E-state index contributed by atoms with van der Waals surface area (Å²) >= 11 is 0. The number of hydrogen-bond donors (Lipinski definition) is 2. The van der Waals surface area contributed by atoms with Gasteiger partial charge in [-0.3, -0.25) is 0 Å². The SMILES string of the molecule is CC(C)(C)CNC(=O)Nc1ccc(N2CCCC2)cc1. The van der Waals surface area contributed by atoms with Crippen LogP contribution in [0.1, 0.15) is 33.6 Å². The van der Waals surface area contributed by atoms with E-state index in [-0.39, 0.29) is 11.4 Å². The summed E-state index contributed by atoms with van der Waals surface area (Å²) < 4.78 is 0. The van der Waals surface area contributed by atoms with Crippen molar-refractivity contribution < 1.29 is 4.79 Å². The summed E-state index contributed by atoms with van der Waals surface area (Å²) in [5.41, 5.74) is 2.17. The van der Waals surface area contributed by atoms with E-state index in [4.69, 9.17) is 0 Å². The molecule has 20 heavy (non-hydrogen) atoms. The van der Waals surface area contributed by atoms with Crippen molar-refractivity contribution in [2.75, 3.05) is 29.9 Å². The summed E-state index contributed by atoms with van der Waals surface area (Å²) in [6.07, 6.45) is 2.55. The van der Waals surface area contributed by atoms with Crippen LogP contribution in [0.3, 0.4) is 0 Å². The lowest BCUT2D eigenvalue weighted by Crippen LogP contribution is -2.35. The minimum absolute atomic E-state index is 0.0942. The molecule has 0 radical (unpaired) electrons. The number of urea groups is 1. The molecule has 1 fully saturated rings. The standard InChI is InChI=1S/C16H25N3O/c1-16(2,3)12-17-15(20)18-13-6-8-14(9-7-13)19-10-4-5-11-19/h6-9H,4-5,10-12H2,1-3H3,(H2,17,18,20). The maximum atomic E-state index is 11.8. The molecule has 0 aromatic heterocycles. The fourth-order valence-electron chi connectivity index (χ4n) is 2.25. The Labute approximate surface area is 121 Å². The molecular weight excluding hydrogens is 250 g/mol. The summed E-state index contributed by atoms with van der Waals surface area (Å²) in [7, 11) is 0. The minimum Gasteiger partial charge on any atom is -0.372 e. The molecule has 1 heterocycles. The molecule has 110 valence electrons. The van der Waals surface area contributed by atoms with Crippen molar-refractivity contribution >= 4 is 17.4 Å². The Morgan fingerprint density at radius 2 is 1.75 bits per heavy atom. The van der Waals surface area contributed by atoms with E-state index in [1.807, 2.05) is 12.1 Å². The van der Waals surface area contributed by atoms with E-state index < -0.39 is 0 Å². The van der Waals surface area contributed by atoms with Gasteiger partial charge >= 0.3 is 6.03 Å². The van der Waals surface area contributed by atoms with E-state index in [1.165, 1.54) is 18.5 Å². The zero-order valence-electron chi connectivity index (χ0n) is 12.7. The fourth-order valence-corrected chi connectivity index (χ4v) is 2.25. The van der Waals surface area contributed by atoms with Gasteiger partial charge in [-0.15, -0.1) is 0 Å². The lowest BCUT2D eigenvalue weighted by Gasteiger charge is -2.19.